The van der Waals surface area contributed by atoms with Crippen LogP contribution in [0.25, 0.3) is 0 Å². The molecule has 0 nitrogen and oxygen atoms in total. The first-order valence-corrected chi connectivity index (χ1v) is 12.1. The van der Waals surface area contributed by atoms with E-state index in [0.29, 0.717) is 5.92 Å². The summed E-state index contributed by atoms with van der Waals surface area (Å²) < 4.78 is 1.58. The zero-order chi connectivity index (χ0) is 17.2. The van der Waals surface area contributed by atoms with Crippen LogP contribution < -0.4 is 47.6 Å². The Morgan fingerprint density at radius 3 is 1.74 bits per heavy atom. The Kier molecular flexibility index (Phi) is 11.5. The second-order valence-corrected chi connectivity index (χ2v) is 11.7. The maximum absolute atomic E-state index is 2.54. The van der Waals surface area contributed by atoms with E-state index < -0.39 is 8.07 Å². The molecule has 0 aliphatic heterocycles. The average molecular weight is 472 g/mol. The molecule has 0 N–H and O–H groups in total. The molecule has 1 unspecified atom stereocenters. The normalized spacial score (nSPS) is 14.5. The van der Waals surface area contributed by atoms with Crippen molar-refractivity contribution in [2.75, 3.05) is 0 Å². The number of rotatable bonds is 5. The molecule has 1 aliphatic carbocycles. The molecular formula is C22H25Cl3SiTi. The molecule has 0 amide bonds. The number of allylic oxidation sites excluding steroid dienone is 4. The monoisotopic (exact) mass is 470 g/mol. The molecule has 0 fully saturated rings. The van der Waals surface area contributed by atoms with Crippen LogP contribution in [-0.2, 0) is 20.4 Å². The van der Waals surface area contributed by atoms with Gasteiger partial charge in [-0.25, -0.2) is 0 Å². The van der Waals surface area contributed by atoms with Crippen molar-refractivity contribution < 1.29 is 57.7 Å². The molecule has 0 radical (unpaired) electrons. The van der Waals surface area contributed by atoms with Gasteiger partial charge in [-0.1, -0.05) is 0 Å². The third-order valence-electron chi connectivity index (χ3n) is 5.46. The second-order valence-electron chi connectivity index (χ2n) is 6.88. The molecule has 5 heteroatoms. The van der Waals surface area contributed by atoms with E-state index in [0.717, 1.165) is 6.42 Å². The molecule has 0 spiro atoms. The topological polar surface area (TPSA) is 0 Å². The minimum Gasteiger partial charge on any atom is -1.00 e. The summed E-state index contributed by atoms with van der Waals surface area (Å²) in [6.45, 7) is 7.23. The van der Waals surface area contributed by atoms with Crippen LogP contribution in [0.4, 0.5) is 0 Å². The Morgan fingerprint density at radius 1 is 0.889 bits per heavy atom. The summed E-state index contributed by atoms with van der Waals surface area (Å²) in [4.78, 5) is 0. The van der Waals surface area contributed by atoms with E-state index in [9.17, 15) is 0 Å². The van der Waals surface area contributed by atoms with Gasteiger partial charge >= 0.3 is 159 Å². The van der Waals surface area contributed by atoms with Gasteiger partial charge in [-0.15, -0.1) is 0 Å². The van der Waals surface area contributed by atoms with Crippen molar-refractivity contribution in [2.24, 2.45) is 5.92 Å². The molecule has 142 valence electrons. The molecule has 0 bridgehead atoms. The van der Waals surface area contributed by atoms with Gasteiger partial charge in [-0.3, -0.25) is 0 Å². The van der Waals surface area contributed by atoms with Crippen LogP contribution in [-0.4, -0.2) is 8.07 Å². The fourth-order valence-corrected chi connectivity index (χ4v) is 9.66. The number of benzene rings is 2. The van der Waals surface area contributed by atoms with Gasteiger partial charge in [0.1, 0.15) is 0 Å². The molecule has 0 saturated heterocycles. The molecule has 0 heterocycles. The smallest absolute Gasteiger partial charge is 1.00 e. The molecule has 1 aliphatic rings. The fraction of sp³-hybridized carbons (Fsp3) is 0.273. The first kappa shape index (κ1) is 26.7. The van der Waals surface area contributed by atoms with Crippen LogP contribution in [0.15, 0.2) is 81.4 Å². The molecule has 0 aromatic heterocycles. The van der Waals surface area contributed by atoms with Gasteiger partial charge in [0.25, 0.3) is 0 Å². The van der Waals surface area contributed by atoms with Crippen molar-refractivity contribution in [3.8, 4) is 0 Å². The van der Waals surface area contributed by atoms with Crippen molar-refractivity contribution in [2.45, 2.75) is 33.2 Å². The molecule has 0 saturated carbocycles. The molecule has 27 heavy (non-hydrogen) atoms. The molecule has 3 rings (SSSR count). The van der Waals surface area contributed by atoms with Crippen molar-refractivity contribution in [1.82, 2.24) is 0 Å². The van der Waals surface area contributed by atoms with Gasteiger partial charge in [0.05, 0.1) is 0 Å². The Hall–Kier alpha value is -0.279. The van der Waals surface area contributed by atoms with Crippen molar-refractivity contribution in [3.05, 3.63) is 81.4 Å². The first-order valence-electron chi connectivity index (χ1n) is 8.85. The summed E-state index contributed by atoms with van der Waals surface area (Å²) in [5.41, 5.74) is 1.61. The van der Waals surface area contributed by atoms with Crippen molar-refractivity contribution >= 4 is 18.4 Å². The minimum atomic E-state index is -1.96. The van der Waals surface area contributed by atoms with Crippen molar-refractivity contribution in [1.29, 1.82) is 0 Å². The van der Waals surface area contributed by atoms with E-state index in [-0.39, 0.29) is 37.2 Å². The largest absolute Gasteiger partial charge is 1.00 e. The van der Waals surface area contributed by atoms with Gasteiger partial charge in [0.15, 0.2) is 0 Å². The fourth-order valence-electron chi connectivity index (χ4n) is 3.85. The first-order chi connectivity index (χ1) is 11.6. The Labute approximate surface area is 195 Å². The predicted octanol–water partition coefficient (Wildman–Crippen LogP) is -4.39. The summed E-state index contributed by atoms with van der Waals surface area (Å²) >= 11 is 2.35. The SMILES string of the molecule is CCC(C)C1=CC[C]([Ti+3])=C1[Si](C)(c1ccccc1)c1ccccc1.[Cl-].[Cl-].[Cl-]. The summed E-state index contributed by atoms with van der Waals surface area (Å²) in [6, 6.07) is 22.4. The van der Waals surface area contributed by atoms with Crippen LogP contribution in [0.3, 0.4) is 0 Å². The Morgan fingerprint density at radius 2 is 1.33 bits per heavy atom. The van der Waals surface area contributed by atoms with Crippen LogP contribution in [0.5, 0.6) is 0 Å². The maximum atomic E-state index is 2.54. The second kappa shape index (κ2) is 11.7. The summed E-state index contributed by atoms with van der Waals surface area (Å²) in [7, 11) is -1.96. The van der Waals surface area contributed by atoms with Crippen LogP contribution in [0.1, 0.15) is 26.7 Å². The van der Waals surface area contributed by atoms with E-state index in [1.165, 1.54) is 16.8 Å². The number of hydrogen-bond donors (Lipinski definition) is 0. The van der Waals surface area contributed by atoms with E-state index in [2.05, 4.69) is 108 Å². The van der Waals surface area contributed by atoms with E-state index in [1.54, 1.807) is 14.6 Å². The minimum absolute atomic E-state index is 0. The van der Waals surface area contributed by atoms with Gasteiger partial charge in [-0.2, -0.15) is 0 Å². The van der Waals surface area contributed by atoms with Gasteiger partial charge in [-0.05, 0) is 0 Å². The van der Waals surface area contributed by atoms with Crippen molar-refractivity contribution in [3.63, 3.8) is 0 Å². The van der Waals surface area contributed by atoms with Gasteiger partial charge in [0, 0.05) is 0 Å². The Balaban J connectivity index is 0.00000225. The summed E-state index contributed by atoms with van der Waals surface area (Å²) in [6.07, 6.45) is 4.82. The molecule has 1 atom stereocenters. The summed E-state index contributed by atoms with van der Waals surface area (Å²) in [5.74, 6) is 0.636. The zero-order valence-corrected chi connectivity index (χ0v) is 20.8. The standard InChI is InChI=1S/C22H25Si.3ClH.Ti/c1-4-18(2)21-16-11-17-22(21)23(3,19-12-7-5-8-13-19)20-14-9-6-10-15-20;;;;/h5-10,12-16,18H,4,11H2,1-3H3;3*1H;/q;;;;+3/p-3. The van der Waals surface area contributed by atoms with E-state index in [4.69, 9.17) is 0 Å². The van der Waals surface area contributed by atoms with E-state index in [1.807, 2.05) is 0 Å². The summed E-state index contributed by atoms with van der Waals surface area (Å²) in [5, 5.41) is 4.71. The van der Waals surface area contributed by atoms with Gasteiger partial charge in [0.2, 0.25) is 0 Å². The molecular weight excluding hydrogens is 447 g/mol. The molecule has 2 aromatic carbocycles. The molecule has 2 aromatic rings. The number of halogens is 3. The van der Waals surface area contributed by atoms with Crippen LogP contribution >= 0.6 is 0 Å². The van der Waals surface area contributed by atoms with Gasteiger partial charge < -0.3 is 37.2 Å². The quantitative estimate of drug-likeness (QED) is 0.387. The Bertz CT molecular complexity index is 733. The third-order valence-corrected chi connectivity index (χ3v) is 11.1. The van der Waals surface area contributed by atoms with Crippen LogP contribution in [0.2, 0.25) is 6.55 Å². The maximum Gasteiger partial charge on any atom is -1.00 e. The predicted molar refractivity (Wildman–Crippen MR) is 103 cm³/mol. The third kappa shape index (κ3) is 5.21. The average Bonchev–Trinajstić information content (AvgIpc) is 3.04. The van der Waals surface area contributed by atoms with E-state index >= 15 is 0 Å². The number of hydrogen-bond acceptors (Lipinski definition) is 0. The van der Waals surface area contributed by atoms with Crippen LogP contribution in [0, 0.1) is 5.92 Å². The zero-order valence-electron chi connectivity index (χ0n) is 16.0.